The zero-order valence-corrected chi connectivity index (χ0v) is 12.4. The molecular weight excluding hydrogens is 210 g/mol. The van der Waals surface area contributed by atoms with Crippen molar-refractivity contribution < 1.29 is 4.79 Å². The van der Waals surface area contributed by atoms with E-state index in [0.717, 1.165) is 6.42 Å². The van der Waals surface area contributed by atoms with Crippen molar-refractivity contribution >= 4 is 5.78 Å². The number of Topliss-reactive ketones (excluding diaryl/α,β-unsaturated/α-hetero) is 1. The van der Waals surface area contributed by atoms with Crippen LogP contribution in [-0.4, -0.2) is 11.8 Å². The standard InChI is InChI=1S/C13H25NO.C2H6/c1-4-12(15)11(14)9-10-5-7-13(2,3)8-6-10;1-2/h10-11H,4-9,14H2,1-3H3;1-2H3. The van der Waals surface area contributed by atoms with E-state index >= 15 is 0 Å². The van der Waals surface area contributed by atoms with E-state index in [-0.39, 0.29) is 11.8 Å². The van der Waals surface area contributed by atoms with E-state index in [4.69, 9.17) is 5.73 Å². The summed E-state index contributed by atoms with van der Waals surface area (Å²) in [6.45, 7) is 10.6. The van der Waals surface area contributed by atoms with Gasteiger partial charge in [0.2, 0.25) is 0 Å². The highest BCUT2D eigenvalue weighted by Gasteiger charge is 2.28. The SMILES string of the molecule is CC.CCC(=O)C(N)CC1CCC(C)(C)CC1. The molecule has 1 fully saturated rings. The zero-order chi connectivity index (χ0) is 13.5. The van der Waals surface area contributed by atoms with E-state index in [1.807, 2.05) is 20.8 Å². The first-order valence-electron chi connectivity index (χ1n) is 7.23. The first-order chi connectivity index (χ1) is 7.94. The minimum atomic E-state index is -0.207. The topological polar surface area (TPSA) is 43.1 Å². The van der Waals surface area contributed by atoms with E-state index in [9.17, 15) is 4.79 Å². The minimum absolute atomic E-state index is 0.207. The van der Waals surface area contributed by atoms with E-state index in [1.54, 1.807) is 0 Å². The summed E-state index contributed by atoms with van der Waals surface area (Å²) in [5, 5.41) is 0. The average Bonchev–Trinajstić information content (AvgIpc) is 2.33. The van der Waals surface area contributed by atoms with E-state index < -0.39 is 0 Å². The molecule has 0 amide bonds. The Morgan fingerprint density at radius 3 is 2.18 bits per heavy atom. The molecule has 1 saturated carbocycles. The van der Waals surface area contributed by atoms with Gasteiger partial charge in [0.05, 0.1) is 6.04 Å². The van der Waals surface area contributed by atoms with Gasteiger partial charge in [0.15, 0.2) is 0 Å². The van der Waals surface area contributed by atoms with Crippen LogP contribution in [0.25, 0.3) is 0 Å². The van der Waals surface area contributed by atoms with Gasteiger partial charge in [-0.1, -0.05) is 34.6 Å². The highest BCUT2D eigenvalue weighted by atomic mass is 16.1. The van der Waals surface area contributed by atoms with Crippen molar-refractivity contribution in [2.24, 2.45) is 17.1 Å². The maximum atomic E-state index is 11.4. The lowest BCUT2D eigenvalue weighted by molar-refractivity contribution is -0.120. The predicted molar refractivity (Wildman–Crippen MR) is 75.0 cm³/mol. The van der Waals surface area contributed by atoms with Crippen molar-refractivity contribution in [2.45, 2.75) is 79.2 Å². The van der Waals surface area contributed by atoms with Gasteiger partial charge in [0, 0.05) is 6.42 Å². The number of ketones is 1. The third-order valence-corrected chi connectivity index (χ3v) is 3.81. The molecule has 102 valence electrons. The summed E-state index contributed by atoms with van der Waals surface area (Å²) in [5.74, 6) is 0.906. The van der Waals surface area contributed by atoms with Gasteiger partial charge in [-0.3, -0.25) is 4.79 Å². The van der Waals surface area contributed by atoms with Crippen LogP contribution in [0, 0.1) is 11.3 Å². The molecule has 0 aromatic carbocycles. The molecule has 1 atom stereocenters. The second kappa shape index (κ2) is 7.86. The molecule has 0 aromatic rings. The Kier molecular flexibility index (Phi) is 7.69. The first-order valence-corrected chi connectivity index (χ1v) is 7.23. The van der Waals surface area contributed by atoms with Crippen molar-refractivity contribution in [3.8, 4) is 0 Å². The smallest absolute Gasteiger partial charge is 0.149 e. The lowest BCUT2D eigenvalue weighted by Gasteiger charge is -2.35. The van der Waals surface area contributed by atoms with Crippen molar-refractivity contribution in [2.75, 3.05) is 0 Å². The molecule has 2 nitrogen and oxygen atoms in total. The Labute approximate surface area is 107 Å². The predicted octanol–water partition coefficient (Wildman–Crippen LogP) is 3.93. The molecule has 0 radical (unpaired) electrons. The van der Waals surface area contributed by atoms with Crippen LogP contribution in [-0.2, 0) is 4.79 Å². The monoisotopic (exact) mass is 241 g/mol. The molecule has 2 N–H and O–H groups in total. The summed E-state index contributed by atoms with van der Waals surface area (Å²) < 4.78 is 0. The third kappa shape index (κ3) is 6.21. The third-order valence-electron chi connectivity index (χ3n) is 3.81. The second-order valence-electron chi connectivity index (χ2n) is 5.77. The molecule has 0 spiro atoms. The Hall–Kier alpha value is -0.370. The second-order valence-corrected chi connectivity index (χ2v) is 5.77. The quantitative estimate of drug-likeness (QED) is 0.810. The van der Waals surface area contributed by atoms with Gasteiger partial charge in [-0.2, -0.15) is 0 Å². The Morgan fingerprint density at radius 2 is 1.76 bits per heavy atom. The van der Waals surface area contributed by atoms with Crippen LogP contribution in [0.15, 0.2) is 0 Å². The summed E-state index contributed by atoms with van der Waals surface area (Å²) in [7, 11) is 0. The van der Waals surface area contributed by atoms with Gasteiger partial charge in [0.1, 0.15) is 5.78 Å². The van der Waals surface area contributed by atoms with Gasteiger partial charge in [-0.05, 0) is 43.4 Å². The van der Waals surface area contributed by atoms with Gasteiger partial charge < -0.3 is 5.73 Å². The largest absolute Gasteiger partial charge is 0.322 e. The van der Waals surface area contributed by atoms with Gasteiger partial charge in [0.25, 0.3) is 0 Å². The van der Waals surface area contributed by atoms with Crippen LogP contribution in [0.2, 0.25) is 0 Å². The number of carbonyl (C=O) groups excluding carboxylic acids is 1. The molecule has 0 heterocycles. The fraction of sp³-hybridized carbons (Fsp3) is 0.933. The van der Waals surface area contributed by atoms with Crippen LogP contribution in [0.5, 0.6) is 0 Å². The normalized spacial score (nSPS) is 21.3. The molecule has 1 aliphatic carbocycles. The van der Waals surface area contributed by atoms with Crippen LogP contribution < -0.4 is 5.73 Å². The van der Waals surface area contributed by atoms with Crippen molar-refractivity contribution in [3.63, 3.8) is 0 Å². The molecule has 17 heavy (non-hydrogen) atoms. The number of carbonyl (C=O) groups is 1. The lowest BCUT2D eigenvalue weighted by Crippen LogP contribution is -2.34. The zero-order valence-electron chi connectivity index (χ0n) is 12.4. The summed E-state index contributed by atoms with van der Waals surface area (Å²) in [4.78, 5) is 11.4. The van der Waals surface area contributed by atoms with Crippen molar-refractivity contribution in [1.82, 2.24) is 0 Å². The van der Waals surface area contributed by atoms with Crippen LogP contribution >= 0.6 is 0 Å². The number of hydrogen-bond donors (Lipinski definition) is 1. The molecule has 0 aromatic heterocycles. The number of hydrogen-bond acceptors (Lipinski definition) is 2. The molecule has 1 rings (SSSR count). The maximum Gasteiger partial charge on any atom is 0.149 e. The Morgan fingerprint density at radius 1 is 1.29 bits per heavy atom. The van der Waals surface area contributed by atoms with E-state index in [2.05, 4.69) is 13.8 Å². The first kappa shape index (κ1) is 16.6. The number of nitrogens with two attached hydrogens (primary N) is 1. The fourth-order valence-electron chi connectivity index (χ4n) is 2.45. The lowest BCUT2D eigenvalue weighted by atomic mass is 9.71. The summed E-state index contributed by atoms with van der Waals surface area (Å²) in [6.07, 6.45) is 6.55. The minimum Gasteiger partial charge on any atom is -0.322 e. The summed E-state index contributed by atoms with van der Waals surface area (Å²) in [6, 6.07) is -0.207. The van der Waals surface area contributed by atoms with Gasteiger partial charge in [-0.25, -0.2) is 0 Å². The summed E-state index contributed by atoms with van der Waals surface area (Å²) >= 11 is 0. The fourth-order valence-corrected chi connectivity index (χ4v) is 2.45. The highest BCUT2D eigenvalue weighted by molar-refractivity contribution is 5.83. The molecule has 0 bridgehead atoms. The van der Waals surface area contributed by atoms with E-state index in [0.29, 0.717) is 17.8 Å². The highest BCUT2D eigenvalue weighted by Crippen LogP contribution is 2.39. The molecular formula is C15H31NO. The summed E-state index contributed by atoms with van der Waals surface area (Å²) in [5.41, 5.74) is 6.39. The van der Waals surface area contributed by atoms with Crippen LogP contribution in [0.4, 0.5) is 0 Å². The van der Waals surface area contributed by atoms with Crippen molar-refractivity contribution in [3.05, 3.63) is 0 Å². The Bertz CT molecular complexity index is 213. The molecule has 1 unspecified atom stereocenters. The van der Waals surface area contributed by atoms with Crippen LogP contribution in [0.3, 0.4) is 0 Å². The molecule has 1 aliphatic rings. The maximum absolute atomic E-state index is 11.4. The van der Waals surface area contributed by atoms with E-state index in [1.165, 1.54) is 25.7 Å². The van der Waals surface area contributed by atoms with Gasteiger partial charge in [-0.15, -0.1) is 0 Å². The molecule has 0 saturated heterocycles. The van der Waals surface area contributed by atoms with Crippen molar-refractivity contribution in [1.29, 1.82) is 0 Å². The number of rotatable bonds is 4. The molecule has 2 heteroatoms. The molecule has 0 aliphatic heterocycles. The average molecular weight is 241 g/mol. The van der Waals surface area contributed by atoms with Gasteiger partial charge >= 0.3 is 0 Å². The Balaban J connectivity index is 0.00000121. The van der Waals surface area contributed by atoms with Crippen LogP contribution in [0.1, 0.15) is 73.1 Å².